The van der Waals surface area contributed by atoms with Gasteiger partial charge in [-0.05, 0) is 37.6 Å². The topological polar surface area (TPSA) is 106 Å². The third-order valence-corrected chi connectivity index (χ3v) is 4.77. The van der Waals surface area contributed by atoms with Crippen molar-refractivity contribution in [2.24, 2.45) is 0 Å². The highest BCUT2D eigenvalue weighted by Crippen LogP contribution is 2.16. The molecule has 0 saturated carbocycles. The van der Waals surface area contributed by atoms with Crippen molar-refractivity contribution in [3.63, 3.8) is 0 Å². The van der Waals surface area contributed by atoms with E-state index >= 15 is 0 Å². The molecule has 1 unspecified atom stereocenters. The predicted octanol–water partition coefficient (Wildman–Crippen LogP) is 1.57. The molecule has 9 nitrogen and oxygen atoms in total. The first-order chi connectivity index (χ1) is 15.0. The van der Waals surface area contributed by atoms with Crippen LogP contribution in [0.3, 0.4) is 0 Å². The number of esters is 1. The maximum Gasteiger partial charge on any atom is 0.308 e. The number of carbonyl (C=O) groups is 3. The first-order valence-electron chi connectivity index (χ1n) is 10.8. The van der Waals surface area contributed by atoms with Crippen molar-refractivity contribution >= 4 is 23.5 Å². The summed E-state index contributed by atoms with van der Waals surface area (Å²) in [5.41, 5.74) is 0.752. The summed E-state index contributed by atoms with van der Waals surface area (Å²) in [5.74, 6) is -0.342. The van der Waals surface area contributed by atoms with Crippen LogP contribution >= 0.6 is 0 Å². The highest BCUT2D eigenvalue weighted by molar-refractivity contribution is 5.93. The summed E-state index contributed by atoms with van der Waals surface area (Å²) >= 11 is 0. The fourth-order valence-electron chi connectivity index (χ4n) is 3.07. The van der Waals surface area contributed by atoms with E-state index in [1.54, 1.807) is 0 Å². The molecule has 9 heteroatoms. The van der Waals surface area contributed by atoms with Crippen LogP contribution in [0.15, 0.2) is 24.3 Å². The molecule has 31 heavy (non-hydrogen) atoms. The van der Waals surface area contributed by atoms with E-state index in [2.05, 4.69) is 10.6 Å². The number of ether oxygens (including phenoxy) is 3. The minimum Gasteiger partial charge on any atom is -0.491 e. The average molecular weight is 436 g/mol. The van der Waals surface area contributed by atoms with E-state index < -0.39 is 12.0 Å². The number of nitrogens with one attached hydrogen (secondary N) is 2. The number of rotatable bonds is 13. The van der Waals surface area contributed by atoms with Gasteiger partial charge in [0.05, 0.1) is 26.2 Å². The largest absolute Gasteiger partial charge is 0.491 e. The number of hydrogen-bond donors (Lipinski definition) is 2. The Morgan fingerprint density at radius 2 is 1.94 bits per heavy atom. The summed E-state index contributed by atoms with van der Waals surface area (Å²) in [7, 11) is 0. The third-order valence-electron chi connectivity index (χ3n) is 4.77. The first-order valence-corrected chi connectivity index (χ1v) is 10.8. The van der Waals surface area contributed by atoms with Crippen LogP contribution in [0.25, 0.3) is 0 Å². The van der Waals surface area contributed by atoms with Crippen molar-refractivity contribution < 1.29 is 28.6 Å². The van der Waals surface area contributed by atoms with Crippen LogP contribution in [0.1, 0.15) is 33.1 Å². The van der Waals surface area contributed by atoms with Gasteiger partial charge in [0.25, 0.3) is 0 Å². The zero-order chi connectivity index (χ0) is 22.5. The molecular formula is C22H33N3O6. The van der Waals surface area contributed by atoms with E-state index in [0.29, 0.717) is 45.3 Å². The molecule has 1 atom stereocenters. The van der Waals surface area contributed by atoms with Crippen LogP contribution in [0.2, 0.25) is 0 Å². The number of anilines is 1. The Balaban J connectivity index is 1.84. The van der Waals surface area contributed by atoms with E-state index in [-0.39, 0.29) is 24.8 Å². The van der Waals surface area contributed by atoms with E-state index in [9.17, 15) is 14.4 Å². The smallest absolute Gasteiger partial charge is 0.308 e. The highest BCUT2D eigenvalue weighted by Gasteiger charge is 2.34. The molecule has 1 aliphatic rings. The van der Waals surface area contributed by atoms with Crippen molar-refractivity contribution in [2.45, 2.75) is 39.2 Å². The minimum atomic E-state index is -0.849. The molecule has 0 bridgehead atoms. The van der Waals surface area contributed by atoms with Crippen LogP contribution < -0.4 is 15.4 Å². The van der Waals surface area contributed by atoms with Gasteiger partial charge in [0, 0.05) is 25.4 Å². The second-order valence-electron chi connectivity index (χ2n) is 7.10. The van der Waals surface area contributed by atoms with Gasteiger partial charge in [-0.2, -0.15) is 0 Å². The fraction of sp³-hybridized carbons (Fsp3) is 0.591. The Morgan fingerprint density at radius 1 is 1.16 bits per heavy atom. The zero-order valence-electron chi connectivity index (χ0n) is 18.4. The Bertz CT molecular complexity index is 710. The van der Waals surface area contributed by atoms with Gasteiger partial charge in [-0.1, -0.05) is 13.3 Å². The predicted molar refractivity (Wildman–Crippen MR) is 116 cm³/mol. The monoisotopic (exact) mass is 435 g/mol. The number of amides is 2. The Hall–Kier alpha value is -2.81. The SMILES string of the molecule is CCCCOC(=O)CC1C(=O)NCCN1C(=O)CNc1ccc(OCCOCC)cc1. The van der Waals surface area contributed by atoms with Gasteiger partial charge in [-0.3, -0.25) is 14.4 Å². The summed E-state index contributed by atoms with van der Waals surface area (Å²) in [4.78, 5) is 38.5. The molecule has 0 radical (unpaired) electrons. The van der Waals surface area contributed by atoms with Gasteiger partial charge in [-0.25, -0.2) is 0 Å². The summed E-state index contributed by atoms with van der Waals surface area (Å²) in [6, 6.07) is 6.40. The fourth-order valence-corrected chi connectivity index (χ4v) is 3.07. The number of carbonyl (C=O) groups excluding carboxylic acids is 3. The van der Waals surface area contributed by atoms with Gasteiger partial charge in [-0.15, -0.1) is 0 Å². The summed E-state index contributed by atoms with van der Waals surface area (Å²) in [5, 5.41) is 5.77. The summed E-state index contributed by atoms with van der Waals surface area (Å²) in [6.07, 6.45) is 1.54. The second-order valence-corrected chi connectivity index (χ2v) is 7.10. The maximum absolute atomic E-state index is 12.7. The van der Waals surface area contributed by atoms with Gasteiger partial charge in [0.1, 0.15) is 18.4 Å². The van der Waals surface area contributed by atoms with Crippen molar-refractivity contribution in [3.05, 3.63) is 24.3 Å². The molecule has 2 amide bonds. The molecule has 1 fully saturated rings. The van der Waals surface area contributed by atoms with E-state index in [1.165, 1.54) is 4.90 Å². The molecule has 1 heterocycles. The molecule has 1 saturated heterocycles. The maximum atomic E-state index is 12.7. The van der Waals surface area contributed by atoms with Gasteiger partial charge in [0.15, 0.2) is 0 Å². The van der Waals surface area contributed by atoms with Gasteiger partial charge < -0.3 is 29.7 Å². The van der Waals surface area contributed by atoms with Crippen LogP contribution in [0.5, 0.6) is 5.75 Å². The average Bonchev–Trinajstić information content (AvgIpc) is 2.77. The lowest BCUT2D eigenvalue weighted by molar-refractivity contribution is -0.151. The lowest BCUT2D eigenvalue weighted by Crippen LogP contribution is -2.58. The summed E-state index contributed by atoms with van der Waals surface area (Å²) in [6.45, 7) is 6.63. The van der Waals surface area contributed by atoms with Crippen LogP contribution in [-0.4, -0.2) is 74.8 Å². The van der Waals surface area contributed by atoms with E-state index in [0.717, 1.165) is 18.5 Å². The molecule has 2 rings (SSSR count). The molecule has 2 N–H and O–H groups in total. The molecule has 0 spiro atoms. The third kappa shape index (κ3) is 8.45. The summed E-state index contributed by atoms with van der Waals surface area (Å²) < 4.78 is 15.9. The Labute approximate surface area is 183 Å². The number of hydrogen-bond acceptors (Lipinski definition) is 7. The minimum absolute atomic E-state index is 0.0131. The Kier molecular flexibility index (Phi) is 10.6. The lowest BCUT2D eigenvalue weighted by Gasteiger charge is -2.34. The van der Waals surface area contributed by atoms with Crippen molar-refractivity contribution in [1.82, 2.24) is 10.2 Å². The number of nitrogens with zero attached hydrogens (tertiary/aromatic N) is 1. The van der Waals surface area contributed by atoms with Crippen LogP contribution in [-0.2, 0) is 23.9 Å². The van der Waals surface area contributed by atoms with E-state index in [1.807, 2.05) is 38.1 Å². The zero-order valence-corrected chi connectivity index (χ0v) is 18.4. The molecule has 172 valence electrons. The van der Waals surface area contributed by atoms with Crippen molar-refractivity contribution in [3.8, 4) is 5.75 Å². The second kappa shape index (κ2) is 13.5. The van der Waals surface area contributed by atoms with Gasteiger partial charge in [0.2, 0.25) is 11.8 Å². The number of unbranched alkanes of at least 4 members (excludes halogenated alkanes) is 1. The lowest BCUT2D eigenvalue weighted by atomic mass is 10.1. The van der Waals surface area contributed by atoms with Crippen LogP contribution in [0.4, 0.5) is 5.69 Å². The highest BCUT2D eigenvalue weighted by atomic mass is 16.5. The van der Waals surface area contributed by atoms with Crippen molar-refractivity contribution in [1.29, 1.82) is 0 Å². The molecule has 1 aromatic rings. The number of piperazine rings is 1. The first kappa shape index (κ1) is 24.5. The van der Waals surface area contributed by atoms with Crippen molar-refractivity contribution in [2.75, 3.05) is 51.4 Å². The van der Waals surface area contributed by atoms with E-state index in [4.69, 9.17) is 14.2 Å². The molecule has 1 aliphatic heterocycles. The molecule has 0 aliphatic carbocycles. The standard InChI is InChI=1S/C22H33N3O6/c1-3-5-12-31-21(27)15-19-22(28)23-10-11-25(19)20(26)16-24-17-6-8-18(9-7-17)30-14-13-29-4-2/h6-9,19,24H,3-5,10-16H2,1-2H3,(H,23,28). The van der Waals surface area contributed by atoms with Crippen LogP contribution in [0, 0.1) is 0 Å². The molecular weight excluding hydrogens is 402 g/mol. The van der Waals surface area contributed by atoms with Gasteiger partial charge >= 0.3 is 5.97 Å². The quantitative estimate of drug-likeness (QED) is 0.358. The number of benzene rings is 1. The Morgan fingerprint density at radius 3 is 2.65 bits per heavy atom. The molecule has 1 aromatic carbocycles. The normalized spacial score (nSPS) is 15.9. The molecule has 0 aromatic heterocycles.